The number of primary amides is 1. The fourth-order valence-electron chi connectivity index (χ4n) is 3.17. The van der Waals surface area contributed by atoms with E-state index in [-0.39, 0.29) is 30.1 Å². The molecule has 116 valence electrons. The fourth-order valence-corrected chi connectivity index (χ4v) is 3.17. The second-order valence-corrected chi connectivity index (χ2v) is 6.19. The zero-order valence-corrected chi connectivity index (χ0v) is 12.9. The second kappa shape index (κ2) is 7.07. The van der Waals surface area contributed by atoms with Crippen molar-refractivity contribution in [2.45, 2.75) is 58.5 Å². The Hall–Kier alpha value is -1.10. The molecule has 0 aromatic heterocycles. The van der Waals surface area contributed by atoms with Gasteiger partial charge in [-0.3, -0.25) is 9.59 Å². The summed E-state index contributed by atoms with van der Waals surface area (Å²) in [6, 6.07) is 0. The number of carbonyl (C=O) groups excluding carboxylic acids is 2. The highest BCUT2D eigenvalue weighted by molar-refractivity contribution is 5.81. The molecular formula is C15H28N2O3. The Bertz CT molecular complexity index is 351. The number of nitrogens with two attached hydrogens (primary N) is 1. The quantitative estimate of drug-likeness (QED) is 0.739. The minimum Gasteiger partial charge on any atom is -0.389 e. The minimum atomic E-state index is -0.908. The molecule has 20 heavy (non-hydrogen) atoms. The molecule has 0 aromatic carbocycles. The van der Waals surface area contributed by atoms with Crippen molar-refractivity contribution in [1.82, 2.24) is 4.90 Å². The van der Waals surface area contributed by atoms with Gasteiger partial charge in [0.05, 0.1) is 17.9 Å². The van der Waals surface area contributed by atoms with Crippen LogP contribution in [0.4, 0.5) is 0 Å². The van der Waals surface area contributed by atoms with Gasteiger partial charge in [0.15, 0.2) is 0 Å². The molecule has 0 bridgehead atoms. The van der Waals surface area contributed by atoms with Gasteiger partial charge in [0, 0.05) is 13.1 Å². The first kappa shape index (κ1) is 17.0. The van der Waals surface area contributed by atoms with Crippen molar-refractivity contribution in [3.05, 3.63) is 0 Å². The highest BCUT2D eigenvalue weighted by Gasteiger charge is 2.38. The lowest BCUT2D eigenvalue weighted by molar-refractivity contribution is -0.136. The average molecular weight is 284 g/mol. The first-order valence-corrected chi connectivity index (χ1v) is 7.62. The molecule has 0 aromatic rings. The standard InChI is InChI=1S/C15H28N2O3/c1-4-6-15(20,7-5-2)8-13(18)17-9-11(3)12(10-17)14(16)19/h11-12,20H,4-10H2,1-3H3,(H2,16,19)/t11-,12-/m1/s1. The van der Waals surface area contributed by atoms with Crippen LogP contribution in [-0.2, 0) is 9.59 Å². The Labute approximate surface area is 121 Å². The van der Waals surface area contributed by atoms with E-state index in [0.717, 1.165) is 12.8 Å². The van der Waals surface area contributed by atoms with E-state index in [4.69, 9.17) is 5.73 Å². The Morgan fingerprint density at radius 2 is 1.80 bits per heavy atom. The monoisotopic (exact) mass is 284 g/mol. The van der Waals surface area contributed by atoms with Crippen molar-refractivity contribution in [3.63, 3.8) is 0 Å². The predicted octanol–water partition coefficient (Wildman–Crippen LogP) is 1.29. The molecule has 2 atom stereocenters. The molecular weight excluding hydrogens is 256 g/mol. The smallest absolute Gasteiger partial charge is 0.225 e. The van der Waals surface area contributed by atoms with E-state index in [1.165, 1.54) is 0 Å². The van der Waals surface area contributed by atoms with E-state index in [1.54, 1.807) is 4.90 Å². The van der Waals surface area contributed by atoms with Crippen molar-refractivity contribution in [2.75, 3.05) is 13.1 Å². The third-order valence-corrected chi connectivity index (χ3v) is 4.24. The Kier molecular flexibility index (Phi) is 5.99. The van der Waals surface area contributed by atoms with E-state index in [0.29, 0.717) is 25.9 Å². The zero-order chi connectivity index (χ0) is 15.3. The van der Waals surface area contributed by atoms with Crippen LogP contribution in [0.3, 0.4) is 0 Å². The van der Waals surface area contributed by atoms with E-state index >= 15 is 0 Å². The van der Waals surface area contributed by atoms with Gasteiger partial charge in [0.25, 0.3) is 0 Å². The Morgan fingerprint density at radius 3 is 2.20 bits per heavy atom. The molecule has 5 heteroatoms. The number of hydrogen-bond acceptors (Lipinski definition) is 3. The van der Waals surface area contributed by atoms with Crippen molar-refractivity contribution in [2.24, 2.45) is 17.6 Å². The third-order valence-electron chi connectivity index (χ3n) is 4.24. The van der Waals surface area contributed by atoms with Gasteiger partial charge in [-0.25, -0.2) is 0 Å². The number of carbonyl (C=O) groups is 2. The van der Waals surface area contributed by atoms with Crippen LogP contribution < -0.4 is 5.73 Å². The van der Waals surface area contributed by atoms with Gasteiger partial charge in [-0.15, -0.1) is 0 Å². The summed E-state index contributed by atoms with van der Waals surface area (Å²) in [5.74, 6) is -0.568. The van der Waals surface area contributed by atoms with E-state index in [9.17, 15) is 14.7 Å². The summed E-state index contributed by atoms with van der Waals surface area (Å²) < 4.78 is 0. The summed E-state index contributed by atoms with van der Waals surface area (Å²) in [6.07, 6.45) is 3.12. The lowest BCUT2D eigenvalue weighted by Crippen LogP contribution is -2.39. The molecule has 1 fully saturated rings. The molecule has 0 radical (unpaired) electrons. The second-order valence-electron chi connectivity index (χ2n) is 6.19. The van der Waals surface area contributed by atoms with E-state index < -0.39 is 5.60 Å². The first-order valence-electron chi connectivity index (χ1n) is 7.62. The molecule has 0 spiro atoms. The molecule has 0 saturated carbocycles. The highest BCUT2D eigenvalue weighted by atomic mass is 16.3. The van der Waals surface area contributed by atoms with E-state index in [1.807, 2.05) is 20.8 Å². The van der Waals surface area contributed by atoms with Crippen molar-refractivity contribution >= 4 is 11.8 Å². The molecule has 1 aliphatic rings. The van der Waals surface area contributed by atoms with Gasteiger partial charge < -0.3 is 15.7 Å². The van der Waals surface area contributed by atoms with E-state index in [2.05, 4.69) is 0 Å². The third kappa shape index (κ3) is 4.20. The van der Waals surface area contributed by atoms with Crippen molar-refractivity contribution in [3.8, 4) is 0 Å². The summed E-state index contributed by atoms with van der Waals surface area (Å²) in [7, 11) is 0. The van der Waals surface area contributed by atoms with Crippen LogP contribution in [0.2, 0.25) is 0 Å². The summed E-state index contributed by atoms with van der Waals surface area (Å²) in [5.41, 5.74) is 4.44. The van der Waals surface area contributed by atoms with Crippen LogP contribution in [-0.4, -0.2) is 40.5 Å². The van der Waals surface area contributed by atoms with Crippen LogP contribution in [0, 0.1) is 11.8 Å². The van der Waals surface area contributed by atoms with Crippen LogP contribution in [0.25, 0.3) is 0 Å². The van der Waals surface area contributed by atoms with Gasteiger partial charge in [0.1, 0.15) is 0 Å². The summed E-state index contributed by atoms with van der Waals surface area (Å²) in [5, 5.41) is 10.5. The molecule has 0 unspecified atom stereocenters. The normalized spacial score (nSPS) is 23.1. The zero-order valence-electron chi connectivity index (χ0n) is 12.9. The molecule has 1 heterocycles. The largest absolute Gasteiger partial charge is 0.389 e. The Morgan fingerprint density at radius 1 is 1.25 bits per heavy atom. The number of rotatable bonds is 7. The number of amides is 2. The molecule has 0 aliphatic carbocycles. The van der Waals surface area contributed by atoms with Gasteiger partial charge in [-0.05, 0) is 18.8 Å². The highest BCUT2D eigenvalue weighted by Crippen LogP contribution is 2.28. The maximum atomic E-state index is 12.3. The lowest BCUT2D eigenvalue weighted by atomic mass is 9.89. The molecule has 1 rings (SSSR count). The van der Waals surface area contributed by atoms with Gasteiger partial charge in [0.2, 0.25) is 11.8 Å². The molecule has 5 nitrogen and oxygen atoms in total. The molecule has 1 saturated heterocycles. The first-order chi connectivity index (χ1) is 9.33. The topological polar surface area (TPSA) is 83.6 Å². The van der Waals surface area contributed by atoms with Crippen LogP contribution in [0.15, 0.2) is 0 Å². The van der Waals surface area contributed by atoms with Crippen molar-refractivity contribution in [1.29, 1.82) is 0 Å². The maximum Gasteiger partial charge on any atom is 0.225 e. The van der Waals surface area contributed by atoms with Crippen LogP contribution in [0.5, 0.6) is 0 Å². The molecule has 3 N–H and O–H groups in total. The van der Waals surface area contributed by atoms with Crippen molar-refractivity contribution < 1.29 is 14.7 Å². The fraction of sp³-hybridized carbons (Fsp3) is 0.867. The number of hydrogen-bond donors (Lipinski definition) is 2. The number of likely N-dealkylation sites (tertiary alicyclic amines) is 1. The SMILES string of the molecule is CCCC(O)(CCC)CC(=O)N1C[C@@H](C)[C@H](C(N)=O)C1. The molecule has 1 aliphatic heterocycles. The minimum absolute atomic E-state index is 0.0648. The Balaban J connectivity index is 2.64. The maximum absolute atomic E-state index is 12.3. The van der Waals surface area contributed by atoms with Crippen LogP contribution in [0.1, 0.15) is 52.9 Å². The van der Waals surface area contributed by atoms with Gasteiger partial charge in [-0.2, -0.15) is 0 Å². The van der Waals surface area contributed by atoms with Gasteiger partial charge >= 0.3 is 0 Å². The predicted molar refractivity (Wildman–Crippen MR) is 77.8 cm³/mol. The van der Waals surface area contributed by atoms with Crippen LogP contribution >= 0.6 is 0 Å². The lowest BCUT2D eigenvalue weighted by Gasteiger charge is -2.29. The molecule has 2 amide bonds. The summed E-state index contributed by atoms with van der Waals surface area (Å²) in [4.78, 5) is 25.3. The summed E-state index contributed by atoms with van der Waals surface area (Å²) in [6.45, 7) is 6.90. The average Bonchev–Trinajstić information content (AvgIpc) is 2.71. The number of aliphatic hydroxyl groups is 1. The van der Waals surface area contributed by atoms with Gasteiger partial charge in [-0.1, -0.05) is 33.6 Å². The summed E-state index contributed by atoms with van der Waals surface area (Å²) >= 11 is 0. The number of nitrogens with zero attached hydrogens (tertiary/aromatic N) is 1.